The lowest BCUT2D eigenvalue weighted by atomic mass is 9.50. The van der Waals surface area contributed by atoms with Crippen LogP contribution in [-0.4, -0.2) is 12.6 Å². The van der Waals surface area contributed by atoms with Crippen LogP contribution < -0.4 is 0 Å². The molecule has 17 heavy (non-hydrogen) atoms. The predicted molar refractivity (Wildman–Crippen MR) is 66.4 cm³/mol. The number of hydrogen-bond donors (Lipinski definition) is 0. The zero-order valence-corrected chi connectivity index (χ0v) is 11.1. The first-order chi connectivity index (χ1) is 7.95. The highest BCUT2D eigenvalue weighted by molar-refractivity contribution is 5.92. The molecule has 3 rings (SSSR count). The maximum Gasteiger partial charge on any atom is 0.334 e. The minimum Gasteiger partial charge on any atom is -0.458 e. The SMILES string of the molecule is CC1(C)CCC[C@]2(C)C3=C(CC[C@H]12)C(=O)OC3. The number of hydrogen-bond acceptors (Lipinski definition) is 2. The molecule has 0 bridgehead atoms. The highest BCUT2D eigenvalue weighted by atomic mass is 16.5. The van der Waals surface area contributed by atoms with E-state index in [0.717, 1.165) is 24.3 Å². The van der Waals surface area contributed by atoms with Gasteiger partial charge in [0, 0.05) is 5.57 Å². The van der Waals surface area contributed by atoms with Gasteiger partial charge in [-0.15, -0.1) is 0 Å². The number of rotatable bonds is 0. The van der Waals surface area contributed by atoms with Gasteiger partial charge < -0.3 is 4.74 Å². The smallest absolute Gasteiger partial charge is 0.334 e. The Morgan fingerprint density at radius 3 is 2.76 bits per heavy atom. The Hall–Kier alpha value is -0.790. The molecular weight excluding hydrogens is 212 g/mol. The molecule has 0 aromatic heterocycles. The maximum atomic E-state index is 11.7. The van der Waals surface area contributed by atoms with Gasteiger partial charge in [0.25, 0.3) is 0 Å². The van der Waals surface area contributed by atoms with Crippen LogP contribution in [-0.2, 0) is 9.53 Å². The maximum absolute atomic E-state index is 11.7. The second-order valence-corrected chi connectivity index (χ2v) is 6.88. The zero-order valence-electron chi connectivity index (χ0n) is 11.1. The summed E-state index contributed by atoms with van der Waals surface area (Å²) in [7, 11) is 0. The van der Waals surface area contributed by atoms with E-state index < -0.39 is 0 Å². The standard InChI is InChI=1S/C15H22O2/c1-14(2)7-4-8-15(3)11-9-17-13(16)10(11)5-6-12(14)15/h12H,4-9H2,1-3H3/t12-,15-/m1/s1. The van der Waals surface area contributed by atoms with Gasteiger partial charge in [0.05, 0.1) is 0 Å². The summed E-state index contributed by atoms with van der Waals surface area (Å²) >= 11 is 0. The fourth-order valence-electron chi connectivity index (χ4n) is 4.68. The van der Waals surface area contributed by atoms with Crippen LogP contribution in [0.1, 0.15) is 52.9 Å². The molecule has 0 amide bonds. The third-order valence-corrected chi connectivity index (χ3v) is 5.56. The lowest BCUT2D eigenvalue weighted by Gasteiger charge is -2.53. The Bertz CT molecular complexity index is 405. The van der Waals surface area contributed by atoms with Gasteiger partial charge in [-0.25, -0.2) is 4.79 Å². The first-order valence-corrected chi connectivity index (χ1v) is 6.85. The molecule has 2 nitrogen and oxygen atoms in total. The average molecular weight is 234 g/mol. The van der Waals surface area contributed by atoms with E-state index in [4.69, 9.17) is 4.74 Å². The number of carbonyl (C=O) groups is 1. The van der Waals surface area contributed by atoms with Crippen molar-refractivity contribution in [1.82, 2.24) is 0 Å². The van der Waals surface area contributed by atoms with Crippen LogP contribution in [0.15, 0.2) is 11.1 Å². The van der Waals surface area contributed by atoms with E-state index in [2.05, 4.69) is 20.8 Å². The molecule has 0 unspecified atom stereocenters. The molecule has 2 heteroatoms. The predicted octanol–water partition coefficient (Wildman–Crippen LogP) is 3.47. The summed E-state index contributed by atoms with van der Waals surface area (Å²) < 4.78 is 5.27. The van der Waals surface area contributed by atoms with Crippen LogP contribution in [0.2, 0.25) is 0 Å². The molecule has 94 valence electrons. The molecule has 2 atom stereocenters. The molecule has 0 saturated heterocycles. The topological polar surface area (TPSA) is 26.3 Å². The molecule has 1 fully saturated rings. The molecule has 2 aliphatic carbocycles. The lowest BCUT2D eigenvalue weighted by molar-refractivity contribution is -0.136. The van der Waals surface area contributed by atoms with Gasteiger partial charge in [0.2, 0.25) is 0 Å². The molecular formula is C15H22O2. The summed E-state index contributed by atoms with van der Waals surface area (Å²) in [5.41, 5.74) is 2.99. The van der Waals surface area contributed by atoms with Crippen molar-refractivity contribution in [2.45, 2.75) is 52.9 Å². The monoisotopic (exact) mass is 234 g/mol. The number of carbonyl (C=O) groups excluding carboxylic acids is 1. The summed E-state index contributed by atoms with van der Waals surface area (Å²) in [6, 6.07) is 0. The van der Waals surface area contributed by atoms with Crippen LogP contribution in [0, 0.1) is 16.7 Å². The Morgan fingerprint density at radius 1 is 1.24 bits per heavy atom. The molecule has 0 radical (unpaired) electrons. The minimum atomic E-state index is -0.0388. The fourth-order valence-corrected chi connectivity index (χ4v) is 4.68. The molecule has 3 aliphatic rings. The van der Waals surface area contributed by atoms with Crippen molar-refractivity contribution < 1.29 is 9.53 Å². The Morgan fingerprint density at radius 2 is 2.00 bits per heavy atom. The molecule has 0 N–H and O–H groups in total. The van der Waals surface area contributed by atoms with E-state index >= 15 is 0 Å². The summed E-state index contributed by atoms with van der Waals surface area (Å²) in [4.78, 5) is 11.7. The van der Waals surface area contributed by atoms with Gasteiger partial charge in [-0.05, 0) is 48.0 Å². The van der Waals surface area contributed by atoms with Crippen molar-refractivity contribution in [3.05, 3.63) is 11.1 Å². The number of cyclic esters (lactones) is 1. The van der Waals surface area contributed by atoms with Gasteiger partial charge in [0.1, 0.15) is 6.61 Å². The second kappa shape index (κ2) is 3.37. The molecule has 1 heterocycles. The largest absolute Gasteiger partial charge is 0.458 e. The van der Waals surface area contributed by atoms with Crippen LogP contribution in [0.4, 0.5) is 0 Å². The van der Waals surface area contributed by atoms with Crippen molar-refractivity contribution in [2.75, 3.05) is 6.61 Å². The normalized spacial score (nSPS) is 39.7. The van der Waals surface area contributed by atoms with Gasteiger partial charge in [0.15, 0.2) is 0 Å². The van der Waals surface area contributed by atoms with E-state index in [1.807, 2.05) is 0 Å². The Kier molecular flexibility index (Phi) is 2.24. The van der Waals surface area contributed by atoms with Crippen LogP contribution in [0.5, 0.6) is 0 Å². The Balaban J connectivity index is 2.06. The molecule has 0 spiro atoms. The van der Waals surface area contributed by atoms with E-state index in [-0.39, 0.29) is 11.4 Å². The molecule has 0 aromatic carbocycles. The summed E-state index contributed by atoms with van der Waals surface area (Å²) in [5.74, 6) is 0.681. The molecule has 1 aliphatic heterocycles. The summed E-state index contributed by atoms with van der Waals surface area (Å²) in [5, 5.41) is 0. The van der Waals surface area contributed by atoms with Gasteiger partial charge in [-0.1, -0.05) is 27.2 Å². The van der Waals surface area contributed by atoms with Crippen molar-refractivity contribution >= 4 is 5.97 Å². The second-order valence-electron chi connectivity index (χ2n) is 6.88. The Labute approximate surface area is 103 Å². The molecule has 0 aromatic rings. The van der Waals surface area contributed by atoms with Crippen molar-refractivity contribution in [3.8, 4) is 0 Å². The lowest BCUT2D eigenvalue weighted by Crippen LogP contribution is -2.45. The van der Waals surface area contributed by atoms with E-state index in [1.54, 1.807) is 0 Å². The van der Waals surface area contributed by atoms with Crippen molar-refractivity contribution in [3.63, 3.8) is 0 Å². The summed E-state index contributed by atoms with van der Waals surface area (Å²) in [6.07, 6.45) is 5.95. The minimum absolute atomic E-state index is 0.0388. The van der Waals surface area contributed by atoms with Crippen LogP contribution in [0.3, 0.4) is 0 Å². The van der Waals surface area contributed by atoms with Crippen LogP contribution in [0.25, 0.3) is 0 Å². The highest BCUT2D eigenvalue weighted by Gasteiger charge is 2.53. The number of fused-ring (bicyclic) bond motifs is 2. The highest BCUT2D eigenvalue weighted by Crippen LogP contribution is 2.60. The number of esters is 1. The van der Waals surface area contributed by atoms with Crippen LogP contribution >= 0.6 is 0 Å². The van der Waals surface area contributed by atoms with Gasteiger partial charge >= 0.3 is 5.97 Å². The number of ether oxygens (including phenoxy) is 1. The van der Waals surface area contributed by atoms with Gasteiger partial charge in [-0.3, -0.25) is 0 Å². The molecule has 1 saturated carbocycles. The first kappa shape index (κ1) is 11.3. The van der Waals surface area contributed by atoms with E-state index in [0.29, 0.717) is 12.0 Å². The van der Waals surface area contributed by atoms with E-state index in [1.165, 1.54) is 24.8 Å². The summed E-state index contributed by atoms with van der Waals surface area (Å²) in [6.45, 7) is 7.74. The van der Waals surface area contributed by atoms with Crippen molar-refractivity contribution in [2.24, 2.45) is 16.7 Å². The zero-order chi connectivity index (χ0) is 12.3. The average Bonchev–Trinajstić information content (AvgIpc) is 2.60. The quantitative estimate of drug-likeness (QED) is 0.600. The van der Waals surface area contributed by atoms with Crippen molar-refractivity contribution in [1.29, 1.82) is 0 Å². The first-order valence-electron chi connectivity index (χ1n) is 6.85. The third kappa shape index (κ3) is 1.42. The fraction of sp³-hybridized carbons (Fsp3) is 0.800. The third-order valence-electron chi connectivity index (χ3n) is 5.56. The van der Waals surface area contributed by atoms with Gasteiger partial charge in [-0.2, -0.15) is 0 Å². The van der Waals surface area contributed by atoms with E-state index in [9.17, 15) is 4.79 Å².